The molecule has 1 amide bonds. The Balaban J connectivity index is 1.85. The Bertz CT molecular complexity index is 702. The van der Waals surface area contributed by atoms with Gasteiger partial charge in [-0.15, -0.1) is 0 Å². The Morgan fingerprint density at radius 1 is 1.30 bits per heavy atom. The van der Waals surface area contributed by atoms with Crippen LogP contribution in [0, 0.1) is 5.92 Å². The fraction of sp³-hybridized carbons (Fsp3) is 0.333. The molecule has 0 bridgehead atoms. The lowest BCUT2D eigenvalue weighted by Crippen LogP contribution is -2.34. The van der Waals surface area contributed by atoms with Crippen molar-refractivity contribution in [2.45, 2.75) is 19.4 Å². The van der Waals surface area contributed by atoms with E-state index < -0.39 is 0 Å². The summed E-state index contributed by atoms with van der Waals surface area (Å²) in [5.41, 5.74) is 8.26. The largest absolute Gasteiger partial charge is 0.336 e. The van der Waals surface area contributed by atoms with E-state index in [-0.39, 0.29) is 11.9 Å². The molecule has 0 spiro atoms. The summed E-state index contributed by atoms with van der Waals surface area (Å²) in [4.78, 5) is 18.9. The SMILES string of the molecule is CC1CC(CN)CN1C(=O)c1cncc(-c2ccc(Cl)cc2)c1. The first-order chi connectivity index (χ1) is 11.1. The van der Waals surface area contributed by atoms with Crippen LogP contribution in [0.1, 0.15) is 23.7 Å². The minimum atomic E-state index is 0.0248. The van der Waals surface area contributed by atoms with Crippen molar-refractivity contribution in [3.63, 3.8) is 0 Å². The normalized spacial score (nSPS) is 20.7. The van der Waals surface area contributed by atoms with Crippen LogP contribution in [-0.2, 0) is 0 Å². The summed E-state index contributed by atoms with van der Waals surface area (Å²) in [6.07, 6.45) is 4.35. The number of halogens is 1. The molecule has 0 aliphatic carbocycles. The number of carbonyl (C=O) groups is 1. The van der Waals surface area contributed by atoms with Crippen LogP contribution in [0.5, 0.6) is 0 Å². The number of carbonyl (C=O) groups excluding carboxylic acids is 1. The van der Waals surface area contributed by atoms with Gasteiger partial charge in [0.2, 0.25) is 0 Å². The molecule has 1 aromatic heterocycles. The monoisotopic (exact) mass is 329 g/mol. The van der Waals surface area contributed by atoms with Gasteiger partial charge < -0.3 is 10.6 Å². The van der Waals surface area contributed by atoms with Crippen LogP contribution in [0.25, 0.3) is 11.1 Å². The topological polar surface area (TPSA) is 59.2 Å². The molecule has 1 fully saturated rings. The second kappa shape index (κ2) is 6.69. The van der Waals surface area contributed by atoms with E-state index in [0.717, 1.165) is 24.1 Å². The van der Waals surface area contributed by atoms with E-state index in [9.17, 15) is 4.79 Å². The number of amides is 1. The molecule has 4 nitrogen and oxygen atoms in total. The molecule has 5 heteroatoms. The predicted octanol–water partition coefficient (Wildman–Crippen LogP) is 3.21. The highest BCUT2D eigenvalue weighted by Gasteiger charge is 2.32. The van der Waals surface area contributed by atoms with E-state index in [1.165, 1.54) is 0 Å². The maximum atomic E-state index is 12.8. The number of nitrogens with two attached hydrogens (primary N) is 1. The highest BCUT2D eigenvalue weighted by atomic mass is 35.5. The van der Waals surface area contributed by atoms with Crippen molar-refractivity contribution in [2.24, 2.45) is 11.7 Å². The molecule has 2 atom stereocenters. The van der Waals surface area contributed by atoms with Gasteiger partial charge in [0.25, 0.3) is 5.91 Å². The molecule has 1 aliphatic heterocycles. The third-order valence-electron chi connectivity index (χ3n) is 4.42. The molecule has 2 unspecified atom stereocenters. The van der Waals surface area contributed by atoms with E-state index in [0.29, 0.717) is 23.0 Å². The number of hydrogen-bond acceptors (Lipinski definition) is 3. The summed E-state index contributed by atoms with van der Waals surface area (Å²) in [7, 11) is 0. The van der Waals surface area contributed by atoms with Crippen LogP contribution in [0.2, 0.25) is 5.02 Å². The lowest BCUT2D eigenvalue weighted by Gasteiger charge is -2.21. The summed E-state index contributed by atoms with van der Waals surface area (Å²) >= 11 is 5.92. The van der Waals surface area contributed by atoms with Crippen molar-refractivity contribution in [2.75, 3.05) is 13.1 Å². The van der Waals surface area contributed by atoms with E-state index in [1.807, 2.05) is 35.2 Å². The third-order valence-corrected chi connectivity index (χ3v) is 4.67. The fourth-order valence-electron chi connectivity index (χ4n) is 3.12. The molecule has 2 aromatic rings. The lowest BCUT2D eigenvalue weighted by atomic mass is 10.1. The van der Waals surface area contributed by atoms with Crippen molar-refractivity contribution in [3.8, 4) is 11.1 Å². The van der Waals surface area contributed by atoms with Crippen LogP contribution in [0.4, 0.5) is 0 Å². The average Bonchev–Trinajstić information content (AvgIpc) is 2.96. The molecule has 2 heterocycles. The van der Waals surface area contributed by atoms with Crippen molar-refractivity contribution >= 4 is 17.5 Å². The number of pyridine rings is 1. The van der Waals surface area contributed by atoms with E-state index >= 15 is 0 Å². The number of aromatic nitrogens is 1. The molecule has 23 heavy (non-hydrogen) atoms. The quantitative estimate of drug-likeness (QED) is 0.940. The summed E-state index contributed by atoms with van der Waals surface area (Å²) in [6, 6.07) is 9.63. The summed E-state index contributed by atoms with van der Waals surface area (Å²) in [5.74, 6) is 0.415. The fourth-order valence-corrected chi connectivity index (χ4v) is 3.25. The minimum Gasteiger partial charge on any atom is -0.336 e. The van der Waals surface area contributed by atoms with Crippen LogP contribution < -0.4 is 5.73 Å². The zero-order valence-corrected chi connectivity index (χ0v) is 13.8. The lowest BCUT2D eigenvalue weighted by molar-refractivity contribution is 0.0743. The molecular weight excluding hydrogens is 310 g/mol. The molecule has 0 saturated carbocycles. The number of likely N-dealkylation sites (tertiary alicyclic amines) is 1. The highest BCUT2D eigenvalue weighted by molar-refractivity contribution is 6.30. The van der Waals surface area contributed by atoms with Gasteiger partial charge in [-0.25, -0.2) is 0 Å². The second-order valence-electron chi connectivity index (χ2n) is 6.11. The maximum Gasteiger partial charge on any atom is 0.255 e. The molecule has 1 saturated heterocycles. The van der Waals surface area contributed by atoms with Gasteiger partial charge in [0, 0.05) is 35.6 Å². The van der Waals surface area contributed by atoms with Gasteiger partial charge in [-0.05, 0) is 49.6 Å². The van der Waals surface area contributed by atoms with Crippen molar-refractivity contribution in [1.82, 2.24) is 9.88 Å². The Morgan fingerprint density at radius 2 is 2.04 bits per heavy atom. The average molecular weight is 330 g/mol. The molecule has 2 N–H and O–H groups in total. The number of nitrogens with zero attached hydrogens (tertiary/aromatic N) is 2. The number of rotatable bonds is 3. The van der Waals surface area contributed by atoms with Crippen LogP contribution in [0.3, 0.4) is 0 Å². The van der Waals surface area contributed by atoms with E-state index in [4.69, 9.17) is 17.3 Å². The van der Waals surface area contributed by atoms with Gasteiger partial charge in [0.05, 0.1) is 5.56 Å². The smallest absolute Gasteiger partial charge is 0.255 e. The van der Waals surface area contributed by atoms with Gasteiger partial charge in [0.15, 0.2) is 0 Å². The molecular formula is C18H20ClN3O. The highest BCUT2D eigenvalue weighted by Crippen LogP contribution is 2.26. The number of benzene rings is 1. The van der Waals surface area contributed by atoms with Gasteiger partial charge >= 0.3 is 0 Å². The standard InChI is InChI=1S/C18H20ClN3O/c1-12-6-13(8-20)11-22(12)18(23)16-7-15(9-21-10-16)14-2-4-17(19)5-3-14/h2-5,7,9-10,12-13H,6,8,11,20H2,1H3. The number of hydrogen-bond donors (Lipinski definition) is 1. The molecule has 1 aromatic carbocycles. The first kappa shape index (κ1) is 16.0. The Hall–Kier alpha value is -1.91. The second-order valence-corrected chi connectivity index (χ2v) is 6.55. The first-order valence-corrected chi connectivity index (χ1v) is 8.18. The predicted molar refractivity (Wildman–Crippen MR) is 92.3 cm³/mol. The zero-order chi connectivity index (χ0) is 16.4. The van der Waals surface area contributed by atoms with Crippen LogP contribution >= 0.6 is 11.6 Å². The molecule has 120 valence electrons. The summed E-state index contributed by atoms with van der Waals surface area (Å²) < 4.78 is 0. The van der Waals surface area contributed by atoms with Gasteiger partial charge in [0.1, 0.15) is 0 Å². The summed E-state index contributed by atoms with van der Waals surface area (Å²) in [5, 5.41) is 0.688. The molecule has 0 radical (unpaired) electrons. The molecule has 1 aliphatic rings. The Labute approximate surface area is 141 Å². The van der Waals surface area contributed by atoms with Gasteiger partial charge in [-0.2, -0.15) is 0 Å². The van der Waals surface area contributed by atoms with Gasteiger partial charge in [-0.3, -0.25) is 9.78 Å². The minimum absolute atomic E-state index is 0.0248. The Kier molecular flexibility index (Phi) is 4.64. The van der Waals surface area contributed by atoms with Crippen molar-refractivity contribution in [1.29, 1.82) is 0 Å². The van der Waals surface area contributed by atoms with Crippen LogP contribution in [0.15, 0.2) is 42.7 Å². The molecule has 3 rings (SSSR count). The van der Waals surface area contributed by atoms with Gasteiger partial charge in [-0.1, -0.05) is 23.7 Å². The zero-order valence-electron chi connectivity index (χ0n) is 13.1. The van der Waals surface area contributed by atoms with Crippen molar-refractivity contribution < 1.29 is 4.79 Å². The third kappa shape index (κ3) is 3.38. The Morgan fingerprint density at radius 3 is 2.70 bits per heavy atom. The van der Waals surface area contributed by atoms with Crippen molar-refractivity contribution in [3.05, 3.63) is 53.3 Å². The van der Waals surface area contributed by atoms with Crippen LogP contribution in [-0.4, -0.2) is 34.9 Å². The van der Waals surface area contributed by atoms with E-state index in [2.05, 4.69) is 11.9 Å². The first-order valence-electron chi connectivity index (χ1n) is 7.80. The summed E-state index contributed by atoms with van der Waals surface area (Å²) in [6.45, 7) is 3.42. The van der Waals surface area contributed by atoms with E-state index in [1.54, 1.807) is 12.4 Å². The maximum absolute atomic E-state index is 12.8.